The molecule has 0 radical (unpaired) electrons. The molecule has 1 aromatic rings. The quantitative estimate of drug-likeness (QED) is 0.879. The topological polar surface area (TPSA) is 50.8 Å². The molecule has 1 saturated heterocycles. The Morgan fingerprint density at radius 3 is 2.58 bits per heavy atom. The van der Waals surface area contributed by atoms with Crippen molar-refractivity contribution in [1.82, 2.24) is 10.2 Å². The van der Waals surface area contributed by atoms with Crippen LogP contribution in [0.4, 0.5) is 0 Å². The fourth-order valence-corrected chi connectivity index (χ4v) is 2.26. The first-order chi connectivity index (χ1) is 9.13. The lowest BCUT2D eigenvalue weighted by atomic mass is 10.1. The summed E-state index contributed by atoms with van der Waals surface area (Å²) in [6.45, 7) is 4.83. The van der Waals surface area contributed by atoms with Crippen LogP contribution in [-0.2, 0) is 11.3 Å². The third-order valence-electron chi connectivity index (χ3n) is 3.35. The Morgan fingerprint density at radius 2 is 1.95 bits per heavy atom. The van der Waals surface area contributed by atoms with E-state index in [1.54, 1.807) is 14.2 Å². The van der Waals surface area contributed by atoms with Gasteiger partial charge in [-0.15, -0.1) is 0 Å². The molecule has 0 unspecified atom stereocenters. The second-order valence-electron chi connectivity index (χ2n) is 4.69. The SMILES string of the molecule is COc1cc(C)c(CN2CCNC(=O)C2)cc1OC. The van der Waals surface area contributed by atoms with Crippen molar-refractivity contribution < 1.29 is 14.3 Å². The number of rotatable bonds is 4. The van der Waals surface area contributed by atoms with E-state index in [2.05, 4.69) is 10.2 Å². The van der Waals surface area contributed by atoms with E-state index >= 15 is 0 Å². The molecule has 0 atom stereocenters. The third-order valence-corrected chi connectivity index (χ3v) is 3.35. The van der Waals surface area contributed by atoms with Gasteiger partial charge in [-0.05, 0) is 30.2 Å². The number of methoxy groups -OCH3 is 2. The fourth-order valence-electron chi connectivity index (χ4n) is 2.26. The highest BCUT2D eigenvalue weighted by Gasteiger charge is 2.18. The van der Waals surface area contributed by atoms with Crippen LogP contribution in [0.15, 0.2) is 12.1 Å². The van der Waals surface area contributed by atoms with Gasteiger partial charge in [0.25, 0.3) is 0 Å². The van der Waals surface area contributed by atoms with E-state index in [1.807, 2.05) is 19.1 Å². The zero-order valence-electron chi connectivity index (χ0n) is 11.7. The number of carbonyl (C=O) groups excluding carboxylic acids is 1. The number of ether oxygens (including phenoxy) is 2. The molecule has 1 aliphatic heterocycles. The first-order valence-electron chi connectivity index (χ1n) is 6.34. The molecule has 19 heavy (non-hydrogen) atoms. The van der Waals surface area contributed by atoms with Crippen molar-refractivity contribution in [2.45, 2.75) is 13.5 Å². The van der Waals surface area contributed by atoms with E-state index in [-0.39, 0.29) is 5.91 Å². The van der Waals surface area contributed by atoms with Crippen LogP contribution < -0.4 is 14.8 Å². The molecular formula is C14H20N2O3. The van der Waals surface area contributed by atoms with Gasteiger partial charge in [0.1, 0.15) is 0 Å². The van der Waals surface area contributed by atoms with Crippen molar-refractivity contribution in [2.75, 3.05) is 33.9 Å². The van der Waals surface area contributed by atoms with Gasteiger partial charge in [0.05, 0.1) is 20.8 Å². The number of hydrogen-bond acceptors (Lipinski definition) is 4. The van der Waals surface area contributed by atoms with E-state index in [9.17, 15) is 4.79 Å². The molecule has 0 spiro atoms. The number of benzene rings is 1. The molecular weight excluding hydrogens is 244 g/mol. The van der Waals surface area contributed by atoms with Gasteiger partial charge >= 0.3 is 0 Å². The van der Waals surface area contributed by atoms with Crippen LogP contribution in [0, 0.1) is 6.92 Å². The van der Waals surface area contributed by atoms with Crippen molar-refractivity contribution in [3.63, 3.8) is 0 Å². The van der Waals surface area contributed by atoms with E-state index in [4.69, 9.17) is 9.47 Å². The van der Waals surface area contributed by atoms with Crippen LogP contribution in [0.5, 0.6) is 11.5 Å². The van der Waals surface area contributed by atoms with Gasteiger partial charge in [0.15, 0.2) is 11.5 Å². The summed E-state index contributed by atoms with van der Waals surface area (Å²) < 4.78 is 10.6. The lowest BCUT2D eigenvalue weighted by Crippen LogP contribution is -2.47. The predicted molar refractivity (Wildman–Crippen MR) is 72.6 cm³/mol. The molecule has 1 fully saturated rings. The van der Waals surface area contributed by atoms with Gasteiger partial charge in [0.2, 0.25) is 5.91 Å². The molecule has 1 aliphatic rings. The maximum absolute atomic E-state index is 11.4. The lowest BCUT2D eigenvalue weighted by molar-refractivity contribution is -0.124. The molecule has 0 saturated carbocycles. The Bertz CT molecular complexity index is 474. The van der Waals surface area contributed by atoms with Gasteiger partial charge in [-0.25, -0.2) is 0 Å². The highest BCUT2D eigenvalue weighted by Crippen LogP contribution is 2.30. The summed E-state index contributed by atoms with van der Waals surface area (Å²) in [6.07, 6.45) is 0. The number of hydrogen-bond donors (Lipinski definition) is 1. The van der Waals surface area contributed by atoms with Crippen LogP contribution in [-0.4, -0.2) is 44.7 Å². The summed E-state index contributed by atoms with van der Waals surface area (Å²) in [7, 11) is 3.26. The zero-order chi connectivity index (χ0) is 13.8. The minimum atomic E-state index is 0.0874. The minimum absolute atomic E-state index is 0.0874. The molecule has 1 heterocycles. The minimum Gasteiger partial charge on any atom is -0.493 e. The maximum atomic E-state index is 11.4. The normalized spacial score (nSPS) is 16.1. The van der Waals surface area contributed by atoms with Crippen LogP contribution >= 0.6 is 0 Å². The highest BCUT2D eigenvalue weighted by atomic mass is 16.5. The third kappa shape index (κ3) is 3.17. The maximum Gasteiger partial charge on any atom is 0.234 e. The second-order valence-corrected chi connectivity index (χ2v) is 4.69. The Balaban J connectivity index is 2.17. The molecule has 0 aliphatic carbocycles. The summed E-state index contributed by atoms with van der Waals surface area (Å²) in [6, 6.07) is 3.96. The van der Waals surface area contributed by atoms with Gasteiger partial charge in [-0.2, -0.15) is 0 Å². The molecule has 5 nitrogen and oxygen atoms in total. The summed E-state index contributed by atoms with van der Waals surface area (Å²) in [5.41, 5.74) is 2.30. The number of piperazine rings is 1. The molecule has 0 bridgehead atoms. The van der Waals surface area contributed by atoms with Crippen molar-refractivity contribution >= 4 is 5.91 Å². The lowest BCUT2D eigenvalue weighted by Gasteiger charge is -2.27. The van der Waals surface area contributed by atoms with Crippen LogP contribution in [0.1, 0.15) is 11.1 Å². The molecule has 2 rings (SSSR count). The summed E-state index contributed by atoms with van der Waals surface area (Å²) >= 11 is 0. The van der Waals surface area contributed by atoms with Crippen LogP contribution in [0.25, 0.3) is 0 Å². The average molecular weight is 264 g/mol. The van der Waals surface area contributed by atoms with Gasteiger partial charge in [-0.1, -0.05) is 0 Å². The smallest absolute Gasteiger partial charge is 0.234 e. The van der Waals surface area contributed by atoms with Gasteiger partial charge in [-0.3, -0.25) is 9.69 Å². The molecule has 1 amide bonds. The number of nitrogens with zero attached hydrogens (tertiary/aromatic N) is 1. The highest BCUT2D eigenvalue weighted by molar-refractivity contribution is 5.78. The Morgan fingerprint density at radius 1 is 1.26 bits per heavy atom. The van der Waals surface area contributed by atoms with Crippen molar-refractivity contribution in [3.05, 3.63) is 23.3 Å². The fraction of sp³-hybridized carbons (Fsp3) is 0.500. The zero-order valence-corrected chi connectivity index (χ0v) is 11.7. The van der Waals surface area contributed by atoms with Crippen LogP contribution in [0.2, 0.25) is 0 Å². The first kappa shape index (κ1) is 13.7. The first-order valence-corrected chi connectivity index (χ1v) is 6.34. The Kier molecular flexibility index (Phi) is 4.27. The summed E-state index contributed by atoms with van der Waals surface area (Å²) in [5.74, 6) is 1.55. The van der Waals surface area contributed by atoms with Gasteiger partial charge < -0.3 is 14.8 Å². The number of aryl methyl sites for hydroxylation is 1. The monoisotopic (exact) mass is 264 g/mol. The predicted octanol–water partition coefficient (Wildman–Crippen LogP) is 0.944. The Labute approximate surface area is 113 Å². The molecule has 104 valence electrons. The Hall–Kier alpha value is -1.75. The number of carbonyl (C=O) groups is 1. The largest absolute Gasteiger partial charge is 0.493 e. The molecule has 1 N–H and O–H groups in total. The summed E-state index contributed by atoms with van der Waals surface area (Å²) in [4.78, 5) is 13.5. The number of amides is 1. The molecule has 5 heteroatoms. The number of nitrogens with one attached hydrogen (secondary N) is 1. The van der Waals surface area contributed by atoms with Crippen molar-refractivity contribution in [1.29, 1.82) is 0 Å². The standard InChI is InChI=1S/C14H20N2O3/c1-10-6-12(18-2)13(19-3)7-11(10)8-16-5-4-15-14(17)9-16/h6-7H,4-5,8-9H2,1-3H3,(H,15,17). The molecule has 1 aromatic carbocycles. The van der Waals surface area contributed by atoms with Crippen LogP contribution in [0.3, 0.4) is 0 Å². The van der Waals surface area contributed by atoms with Crippen molar-refractivity contribution in [2.24, 2.45) is 0 Å². The second kappa shape index (κ2) is 5.93. The van der Waals surface area contributed by atoms with E-state index in [0.717, 1.165) is 35.7 Å². The van der Waals surface area contributed by atoms with E-state index < -0.39 is 0 Å². The van der Waals surface area contributed by atoms with Gasteiger partial charge in [0, 0.05) is 19.6 Å². The average Bonchev–Trinajstić information content (AvgIpc) is 2.40. The van der Waals surface area contributed by atoms with E-state index in [1.165, 1.54) is 0 Å². The summed E-state index contributed by atoms with van der Waals surface area (Å²) in [5, 5.41) is 2.83. The van der Waals surface area contributed by atoms with Crippen molar-refractivity contribution in [3.8, 4) is 11.5 Å². The van der Waals surface area contributed by atoms with E-state index in [0.29, 0.717) is 13.1 Å². The molecule has 0 aromatic heterocycles.